The van der Waals surface area contributed by atoms with Crippen LogP contribution < -0.4 is 9.47 Å². The first-order chi connectivity index (χ1) is 10.0. The molecular formula is C16H18O4S. The second-order valence-corrected chi connectivity index (χ2v) is 6.02. The highest BCUT2D eigenvalue weighted by Crippen LogP contribution is 2.34. The lowest BCUT2D eigenvalue weighted by Crippen LogP contribution is -2.00. The van der Waals surface area contributed by atoms with Crippen LogP contribution in [-0.2, 0) is 6.61 Å². The fourth-order valence-electron chi connectivity index (χ4n) is 1.82. The number of aromatic carboxylic acids is 1. The van der Waals surface area contributed by atoms with Crippen molar-refractivity contribution in [1.82, 2.24) is 0 Å². The molecule has 1 N–H and O–H groups in total. The number of ether oxygens (including phenoxy) is 2. The zero-order chi connectivity index (χ0) is 15.4. The maximum absolute atomic E-state index is 11.3. The molecule has 0 unspecified atom stereocenters. The van der Waals surface area contributed by atoms with E-state index in [9.17, 15) is 9.90 Å². The lowest BCUT2D eigenvalue weighted by Gasteiger charge is -2.06. The van der Waals surface area contributed by atoms with Crippen molar-refractivity contribution in [3.8, 4) is 11.5 Å². The number of carboxylic acids is 1. The Balaban J connectivity index is 2.12. The van der Waals surface area contributed by atoms with Crippen molar-refractivity contribution in [2.45, 2.75) is 26.4 Å². The van der Waals surface area contributed by atoms with Gasteiger partial charge in [-0.3, -0.25) is 0 Å². The highest BCUT2D eigenvalue weighted by atomic mass is 32.1. The van der Waals surface area contributed by atoms with E-state index >= 15 is 0 Å². The Kier molecular flexibility index (Phi) is 4.85. The monoisotopic (exact) mass is 306 g/mol. The summed E-state index contributed by atoms with van der Waals surface area (Å²) >= 11 is 1.27. The third-order valence-electron chi connectivity index (χ3n) is 3.03. The molecule has 0 aliphatic carbocycles. The van der Waals surface area contributed by atoms with Crippen molar-refractivity contribution in [2.24, 2.45) is 0 Å². The van der Waals surface area contributed by atoms with Gasteiger partial charge in [0.25, 0.3) is 0 Å². The van der Waals surface area contributed by atoms with Gasteiger partial charge in [-0.2, -0.15) is 0 Å². The second-order valence-electron chi connectivity index (χ2n) is 4.94. The molecule has 2 rings (SSSR count). The van der Waals surface area contributed by atoms with E-state index in [1.807, 2.05) is 44.2 Å². The number of thiophene rings is 1. The first-order valence-electron chi connectivity index (χ1n) is 6.64. The Labute approximate surface area is 128 Å². The van der Waals surface area contributed by atoms with Gasteiger partial charge in [-0.1, -0.05) is 26.0 Å². The SMILES string of the molecule is COc1ccc(COc2cc(C(C)C)sc2C(=O)O)cc1. The molecule has 1 aromatic carbocycles. The van der Waals surface area contributed by atoms with E-state index in [4.69, 9.17) is 9.47 Å². The van der Waals surface area contributed by atoms with Crippen molar-refractivity contribution in [3.05, 3.63) is 45.6 Å². The van der Waals surface area contributed by atoms with Gasteiger partial charge in [-0.05, 0) is 29.7 Å². The van der Waals surface area contributed by atoms with Crippen molar-refractivity contribution < 1.29 is 19.4 Å². The molecule has 0 fully saturated rings. The summed E-state index contributed by atoms with van der Waals surface area (Å²) in [4.78, 5) is 12.5. The van der Waals surface area contributed by atoms with Gasteiger partial charge in [0.2, 0.25) is 0 Å². The molecule has 0 amide bonds. The molecule has 2 aromatic rings. The molecule has 112 valence electrons. The standard InChI is InChI=1S/C16H18O4S/c1-10(2)14-8-13(15(21-14)16(17)18)20-9-11-4-6-12(19-3)7-5-11/h4-8,10H,9H2,1-3H3,(H,17,18). The summed E-state index contributed by atoms with van der Waals surface area (Å²) in [5.74, 6) is 0.553. The normalized spacial score (nSPS) is 10.7. The highest BCUT2D eigenvalue weighted by molar-refractivity contribution is 7.14. The minimum absolute atomic E-state index is 0.257. The zero-order valence-corrected chi connectivity index (χ0v) is 13.1. The van der Waals surface area contributed by atoms with Crippen molar-refractivity contribution in [1.29, 1.82) is 0 Å². The Bertz CT molecular complexity index is 614. The average Bonchev–Trinajstić information content (AvgIpc) is 2.90. The topological polar surface area (TPSA) is 55.8 Å². The van der Waals surface area contributed by atoms with Gasteiger partial charge in [-0.15, -0.1) is 11.3 Å². The summed E-state index contributed by atoms with van der Waals surface area (Å²) in [6, 6.07) is 9.32. The summed E-state index contributed by atoms with van der Waals surface area (Å²) in [5.41, 5.74) is 0.962. The van der Waals surface area contributed by atoms with Crippen LogP contribution in [0.25, 0.3) is 0 Å². The van der Waals surface area contributed by atoms with Crippen LogP contribution in [-0.4, -0.2) is 18.2 Å². The number of carboxylic acid groups (broad SMARTS) is 1. The molecule has 1 aromatic heterocycles. The smallest absolute Gasteiger partial charge is 0.349 e. The van der Waals surface area contributed by atoms with Crippen LogP contribution >= 0.6 is 11.3 Å². The van der Waals surface area contributed by atoms with Crippen LogP contribution in [0.15, 0.2) is 30.3 Å². The summed E-state index contributed by atoms with van der Waals surface area (Å²) in [6.45, 7) is 4.40. The third-order valence-corrected chi connectivity index (χ3v) is 4.44. The van der Waals surface area contributed by atoms with E-state index in [0.29, 0.717) is 12.4 Å². The number of rotatable bonds is 6. The van der Waals surface area contributed by atoms with Gasteiger partial charge in [0, 0.05) is 4.88 Å². The van der Waals surface area contributed by atoms with Crippen LogP contribution in [0.5, 0.6) is 11.5 Å². The quantitative estimate of drug-likeness (QED) is 0.870. The molecule has 0 bridgehead atoms. The molecule has 0 aliphatic heterocycles. The molecular weight excluding hydrogens is 288 g/mol. The molecule has 5 heteroatoms. The lowest BCUT2D eigenvalue weighted by atomic mass is 10.2. The minimum atomic E-state index is -0.948. The van der Waals surface area contributed by atoms with E-state index in [1.54, 1.807) is 7.11 Å². The third kappa shape index (κ3) is 3.76. The van der Waals surface area contributed by atoms with E-state index in [-0.39, 0.29) is 10.8 Å². The largest absolute Gasteiger partial charge is 0.497 e. The maximum Gasteiger partial charge on any atom is 0.349 e. The number of hydrogen-bond donors (Lipinski definition) is 1. The van der Waals surface area contributed by atoms with Crippen molar-refractivity contribution in [2.75, 3.05) is 7.11 Å². The van der Waals surface area contributed by atoms with Crippen molar-refractivity contribution >= 4 is 17.3 Å². The fourth-order valence-corrected chi connectivity index (χ4v) is 2.76. The van der Waals surface area contributed by atoms with Crippen molar-refractivity contribution in [3.63, 3.8) is 0 Å². The minimum Gasteiger partial charge on any atom is -0.497 e. The Morgan fingerprint density at radius 2 is 1.95 bits per heavy atom. The predicted octanol–water partition coefficient (Wildman–Crippen LogP) is 4.16. The highest BCUT2D eigenvalue weighted by Gasteiger charge is 2.18. The van der Waals surface area contributed by atoms with E-state index < -0.39 is 5.97 Å². The van der Waals surface area contributed by atoms with Gasteiger partial charge in [-0.25, -0.2) is 4.79 Å². The van der Waals surface area contributed by atoms with Crippen LogP contribution in [0.3, 0.4) is 0 Å². The molecule has 0 aliphatic rings. The van der Waals surface area contributed by atoms with Crippen LogP contribution in [0.4, 0.5) is 0 Å². The Morgan fingerprint density at radius 3 is 2.48 bits per heavy atom. The maximum atomic E-state index is 11.3. The first-order valence-corrected chi connectivity index (χ1v) is 7.45. The summed E-state index contributed by atoms with van der Waals surface area (Å²) in [6.07, 6.45) is 0. The molecule has 0 spiro atoms. The lowest BCUT2D eigenvalue weighted by molar-refractivity contribution is 0.0697. The van der Waals surface area contributed by atoms with Gasteiger partial charge >= 0.3 is 5.97 Å². The van der Waals surface area contributed by atoms with Gasteiger partial charge in [0.1, 0.15) is 18.1 Å². The molecule has 0 radical (unpaired) electrons. The Morgan fingerprint density at radius 1 is 1.29 bits per heavy atom. The zero-order valence-electron chi connectivity index (χ0n) is 12.3. The molecule has 21 heavy (non-hydrogen) atoms. The van der Waals surface area contributed by atoms with Crippen LogP contribution in [0.1, 0.15) is 39.9 Å². The number of methoxy groups -OCH3 is 1. The molecule has 1 heterocycles. The molecule has 0 saturated carbocycles. The average molecular weight is 306 g/mol. The summed E-state index contributed by atoms with van der Waals surface area (Å²) in [5, 5.41) is 9.24. The van der Waals surface area contributed by atoms with Gasteiger partial charge in [0.15, 0.2) is 4.88 Å². The van der Waals surface area contributed by atoms with Gasteiger partial charge in [0.05, 0.1) is 7.11 Å². The molecule has 4 nitrogen and oxygen atoms in total. The second kappa shape index (κ2) is 6.63. The number of benzene rings is 1. The first kappa shape index (κ1) is 15.4. The molecule has 0 atom stereocenters. The number of hydrogen-bond acceptors (Lipinski definition) is 4. The van der Waals surface area contributed by atoms with E-state index in [2.05, 4.69) is 0 Å². The van der Waals surface area contributed by atoms with E-state index in [0.717, 1.165) is 16.2 Å². The summed E-state index contributed by atoms with van der Waals surface area (Å²) < 4.78 is 10.8. The predicted molar refractivity (Wildman–Crippen MR) is 82.7 cm³/mol. The fraction of sp³-hybridized carbons (Fsp3) is 0.312. The summed E-state index contributed by atoms with van der Waals surface area (Å²) in [7, 11) is 1.61. The van der Waals surface area contributed by atoms with Crippen LogP contribution in [0, 0.1) is 0 Å². The molecule has 0 saturated heterocycles. The Hall–Kier alpha value is -2.01. The van der Waals surface area contributed by atoms with E-state index in [1.165, 1.54) is 11.3 Å². The van der Waals surface area contributed by atoms with Gasteiger partial charge < -0.3 is 14.6 Å². The van der Waals surface area contributed by atoms with Crippen LogP contribution in [0.2, 0.25) is 0 Å². The number of carbonyl (C=O) groups is 1.